The molecule has 0 amide bonds. The third kappa shape index (κ3) is 2.65. The van der Waals surface area contributed by atoms with Gasteiger partial charge in [0.05, 0.1) is 4.88 Å². The van der Waals surface area contributed by atoms with Crippen LogP contribution in [0.1, 0.15) is 22.5 Å². The van der Waals surface area contributed by atoms with Gasteiger partial charge in [-0.05, 0) is 37.4 Å². The Morgan fingerprint density at radius 1 is 1.43 bits per heavy atom. The summed E-state index contributed by atoms with van der Waals surface area (Å²) in [5.74, 6) is 0.608. The molecule has 0 aromatic carbocycles. The Morgan fingerprint density at radius 2 is 2.14 bits per heavy atom. The molecule has 0 unspecified atom stereocenters. The fourth-order valence-corrected chi connectivity index (χ4v) is 2.45. The van der Waals surface area contributed by atoms with Gasteiger partial charge in [-0.1, -0.05) is 6.07 Å². The van der Waals surface area contributed by atoms with Crippen LogP contribution in [0.2, 0.25) is 0 Å². The summed E-state index contributed by atoms with van der Waals surface area (Å²) in [7, 11) is 0. The van der Waals surface area contributed by atoms with E-state index in [0.717, 1.165) is 30.8 Å². The van der Waals surface area contributed by atoms with Gasteiger partial charge in [-0.2, -0.15) is 0 Å². The highest BCUT2D eigenvalue weighted by Gasteiger charge is 2.22. The predicted molar refractivity (Wildman–Crippen MR) is 64.6 cm³/mol. The molecule has 1 aliphatic rings. The van der Waals surface area contributed by atoms with Crippen LogP contribution in [-0.2, 0) is 0 Å². The number of hydrogen-bond donors (Lipinski definition) is 1. The van der Waals surface area contributed by atoms with Crippen molar-refractivity contribution in [2.45, 2.75) is 12.8 Å². The van der Waals surface area contributed by atoms with E-state index in [2.05, 4.69) is 5.32 Å². The van der Waals surface area contributed by atoms with Crippen LogP contribution in [0.3, 0.4) is 0 Å². The summed E-state index contributed by atoms with van der Waals surface area (Å²) in [6, 6.07) is 3.87. The van der Waals surface area contributed by atoms with E-state index in [1.165, 1.54) is 0 Å². The normalized spacial score (nSPS) is 17.4. The summed E-state index contributed by atoms with van der Waals surface area (Å²) in [6.45, 7) is 1.98. The lowest BCUT2D eigenvalue weighted by Gasteiger charge is -2.20. The van der Waals surface area contributed by atoms with E-state index in [1.54, 1.807) is 11.3 Å². The molecule has 0 saturated carbocycles. The van der Waals surface area contributed by atoms with Gasteiger partial charge in [-0.3, -0.25) is 4.79 Å². The maximum atomic E-state index is 11.8. The average molecular weight is 276 g/mol. The fraction of sp³-hybridized carbons (Fsp3) is 0.500. The van der Waals surface area contributed by atoms with Gasteiger partial charge in [0.25, 0.3) is 0 Å². The summed E-state index contributed by atoms with van der Waals surface area (Å²) in [4.78, 5) is 12.8. The lowest BCUT2D eigenvalue weighted by molar-refractivity contribution is 0.0899. The molecule has 0 atom stereocenters. The molecule has 0 spiro atoms. The standard InChI is InChI=1S/C10H13NOS.BrH/c12-10(9-2-1-7-13-9)8-3-5-11-6-4-8;/h1-2,7-8,11H,3-6H2;1H. The van der Waals surface area contributed by atoms with Gasteiger partial charge in [0.15, 0.2) is 5.78 Å². The number of hydrogen-bond acceptors (Lipinski definition) is 3. The van der Waals surface area contributed by atoms with Gasteiger partial charge < -0.3 is 5.32 Å². The number of halogens is 1. The fourth-order valence-electron chi connectivity index (χ4n) is 1.70. The van der Waals surface area contributed by atoms with E-state index in [9.17, 15) is 4.79 Å². The van der Waals surface area contributed by atoms with Crippen LogP contribution in [0.25, 0.3) is 0 Å². The third-order valence-electron chi connectivity index (χ3n) is 2.47. The summed E-state index contributed by atoms with van der Waals surface area (Å²) in [5.41, 5.74) is 0. The summed E-state index contributed by atoms with van der Waals surface area (Å²) in [6.07, 6.45) is 1.99. The van der Waals surface area contributed by atoms with Gasteiger partial charge in [0.2, 0.25) is 0 Å². The molecular formula is C10H14BrNOS. The Hall–Kier alpha value is -0.190. The summed E-state index contributed by atoms with van der Waals surface area (Å²) in [5, 5.41) is 5.23. The van der Waals surface area contributed by atoms with Crippen molar-refractivity contribution in [3.05, 3.63) is 22.4 Å². The molecule has 4 heteroatoms. The Balaban J connectivity index is 0.000000980. The Morgan fingerprint density at radius 3 is 2.71 bits per heavy atom. The highest BCUT2D eigenvalue weighted by molar-refractivity contribution is 8.93. The lowest BCUT2D eigenvalue weighted by atomic mass is 9.93. The molecule has 1 aromatic heterocycles. The summed E-state index contributed by atoms with van der Waals surface area (Å²) >= 11 is 1.55. The smallest absolute Gasteiger partial charge is 0.175 e. The molecule has 1 N–H and O–H groups in total. The zero-order valence-corrected chi connectivity index (χ0v) is 10.4. The minimum atomic E-state index is 0. The van der Waals surface area contributed by atoms with Crippen molar-refractivity contribution >= 4 is 34.1 Å². The Kier molecular flexibility index (Phi) is 4.78. The van der Waals surface area contributed by atoms with Crippen molar-refractivity contribution in [3.8, 4) is 0 Å². The van der Waals surface area contributed by atoms with Crippen LogP contribution in [0, 0.1) is 5.92 Å². The number of carbonyl (C=O) groups excluding carboxylic acids is 1. The average Bonchev–Trinajstić information content (AvgIpc) is 2.71. The molecule has 2 rings (SSSR count). The van der Waals surface area contributed by atoms with Crippen LogP contribution < -0.4 is 5.32 Å². The quantitative estimate of drug-likeness (QED) is 0.841. The van der Waals surface area contributed by atoms with Crippen molar-refractivity contribution in [2.75, 3.05) is 13.1 Å². The zero-order chi connectivity index (χ0) is 9.10. The number of Topliss-reactive ketones (excluding diaryl/α,β-unsaturated/α-hetero) is 1. The van der Waals surface area contributed by atoms with Crippen LogP contribution in [-0.4, -0.2) is 18.9 Å². The number of thiophene rings is 1. The van der Waals surface area contributed by atoms with Crippen molar-refractivity contribution < 1.29 is 4.79 Å². The van der Waals surface area contributed by atoms with E-state index in [-0.39, 0.29) is 22.9 Å². The molecule has 1 aromatic rings. The van der Waals surface area contributed by atoms with Gasteiger partial charge >= 0.3 is 0 Å². The second kappa shape index (κ2) is 5.63. The van der Waals surface area contributed by atoms with Gasteiger partial charge in [0, 0.05) is 5.92 Å². The maximum absolute atomic E-state index is 11.8. The van der Waals surface area contributed by atoms with E-state index in [1.807, 2.05) is 17.5 Å². The Labute approximate surface area is 98.5 Å². The molecule has 0 aliphatic carbocycles. The number of piperidine rings is 1. The van der Waals surface area contributed by atoms with Crippen LogP contribution in [0.5, 0.6) is 0 Å². The van der Waals surface area contributed by atoms with Crippen molar-refractivity contribution in [1.82, 2.24) is 5.32 Å². The van der Waals surface area contributed by atoms with Gasteiger partial charge in [0.1, 0.15) is 0 Å². The highest BCUT2D eigenvalue weighted by Crippen LogP contribution is 2.20. The molecule has 78 valence electrons. The van der Waals surface area contributed by atoms with Crippen LogP contribution in [0.4, 0.5) is 0 Å². The predicted octanol–water partition coefficient (Wildman–Crippen LogP) is 2.51. The van der Waals surface area contributed by atoms with E-state index < -0.39 is 0 Å². The zero-order valence-electron chi connectivity index (χ0n) is 7.86. The number of carbonyl (C=O) groups is 1. The highest BCUT2D eigenvalue weighted by atomic mass is 79.9. The van der Waals surface area contributed by atoms with Crippen LogP contribution >= 0.6 is 28.3 Å². The van der Waals surface area contributed by atoms with Crippen LogP contribution in [0.15, 0.2) is 17.5 Å². The Bertz CT molecular complexity index is 280. The molecule has 0 bridgehead atoms. The molecule has 1 fully saturated rings. The molecular weight excluding hydrogens is 262 g/mol. The molecule has 1 aliphatic heterocycles. The van der Waals surface area contributed by atoms with Crippen molar-refractivity contribution in [3.63, 3.8) is 0 Å². The van der Waals surface area contributed by atoms with E-state index in [0.29, 0.717) is 5.78 Å². The van der Waals surface area contributed by atoms with E-state index in [4.69, 9.17) is 0 Å². The maximum Gasteiger partial charge on any atom is 0.175 e. The molecule has 1 saturated heterocycles. The van der Waals surface area contributed by atoms with Crippen molar-refractivity contribution in [2.24, 2.45) is 5.92 Å². The topological polar surface area (TPSA) is 29.1 Å². The van der Waals surface area contributed by atoms with Gasteiger partial charge in [-0.15, -0.1) is 28.3 Å². The molecule has 2 heterocycles. The minimum absolute atomic E-state index is 0. The number of rotatable bonds is 2. The first-order valence-electron chi connectivity index (χ1n) is 4.66. The lowest BCUT2D eigenvalue weighted by Crippen LogP contribution is -2.31. The van der Waals surface area contributed by atoms with Crippen molar-refractivity contribution in [1.29, 1.82) is 0 Å². The second-order valence-electron chi connectivity index (χ2n) is 3.37. The minimum Gasteiger partial charge on any atom is -0.317 e. The third-order valence-corrected chi connectivity index (χ3v) is 3.36. The molecule has 14 heavy (non-hydrogen) atoms. The first-order chi connectivity index (χ1) is 6.38. The number of ketones is 1. The first-order valence-corrected chi connectivity index (χ1v) is 5.54. The largest absolute Gasteiger partial charge is 0.317 e. The monoisotopic (exact) mass is 275 g/mol. The molecule has 2 nitrogen and oxygen atoms in total. The molecule has 0 radical (unpaired) electrons. The SMILES string of the molecule is Br.O=C(c1cccs1)C1CCNCC1. The number of nitrogens with one attached hydrogen (secondary N) is 1. The van der Waals surface area contributed by atoms with E-state index >= 15 is 0 Å². The first kappa shape index (κ1) is 11.9. The van der Waals surface area contributed by atoms with Gasteiger partial charge in [-0.25, -0.2) is 0 Å². The summed E-state index contributed by atoms with van der Waals surface area (Å²) < 4.78 is 0. The second-order valence-corrected chi connectivity index (χ2v) is 4.31.